The molecule has 0 bridgehead atoms. The lowest BCUT2D eigenvalue weighted by Crippen LogP contribution is -2.20. The molecule has 0 spiro atoms. The lowest BCUT2D eigenvalue weighted by atomic mass is 9.99. The number of benzene rings is 3. The molecule has 26 heavy (non-hydrogen) atoms. The second-order valence-electron chi connectivity index (χ2n) is 6.02. The van der Waals surface area contributed by atoms with Crippen LogP contribution >= 0.6 is 0 Å². The van der Waals surface area contributed by atoms with E-state index in [1.54, 1.807) is 13.0 Å². The smallest absolute Gasteiger partial charge is 0.310 e. The topological polar surface area (TPSA) is 12.0 Å². The van der Waals surface area contributed by atoms with Crippen molar-refractivity contribution in [3.8, 4) is 0 Å². The molecule has 1 atom stereocenters. The standard InChI is InChI=1S/C22H22F3N/c1-16(20-13-5-10-18-9-2-3-12-21(18)20)26-14-6-8-17-7-4-11-19(15-17)22(23,24)25/h2-5,7,9-13,15-16,26H,6,8,14H2,1H3/t16-/m1/s1/i2D,3D,5D,9D,10D,12D,13D. The molecule has 0 aliphatic rings. The first-order valence-corrected chi connectivity index (χ1v) is 8.25. The van der Waals surface area contributed by atoms with E-state index in [0.29, 0.717) is 24.9 Å². The molecular weight excluding hydrogens is 335 g/mol. The Morgan fingerprint density at radius 1 is 1.08 bits per heavy atom. The van der Waals surface area contributed by atoms with Crippen molar-refractivity contribution in [2.45, 2.75) is 32.0 Å². The molecule has 4 heteroatoms. The van der Waals surface area contributed by atoms with Crippen molar-refractivity contribution in [2.24, 2.45) is 0 Å². The number of rotatable bonds is 6. The fourth-order valence-electron chi connectivity index (χ4n) is 2.77. The first-order chi connectivity index (χ1) is 15.4. The third-order valence-electron chi connectivity index (χ3n) is 4.12. The van der Waals surface area contributed by atoms with Crippen molar-refractivity contribution in [1.82, 2.24) is 5.32 Å². The molecular formula is C22H22F3N. The van der Waals surface area contributed by atoms with Crippen LogP contribution in [-0.2, 0) is 12.6 Å². The van der Waals surface area contributed by atoms with Gasteiger partial charge < -0.3 is 5.32 Å². The SMILES string of the molecule is [2H]c1c([2H])c([2H])c2c([C@@H](C)NCCCc3cccc(C(F)(F)F)c3)c([2H])c([2H])c([2H])c2c1[2H]. The monoisotopic (exact) mass is 364 g/mol. The summed E-state index contributed by atoms with van der Waals surface area (Å²) in [4.78, 5) is 0. The molecule has 3 aromatic carbocycles. The Kier molecular flexibility index (Phi) is 3.47. The minimum Gasteiger partial charge on any atom is -0.310 e. The predicted octanol–water partition coefficient (Wildman–Crippen LogP) is 6.14. The maximum absolute atomic E-state index is 12.9. The van der Waals surface area contributed by atoms with E-state index in [-0.39, 0.29) is 28.4 Å². The van der Waals surface area contributed by atoms with Gasteiger partial charge >= 0.3 is 6.18 Å². The van der Waals surface area contributed by atoms with E-state index >= 15 is 0 Å². The Labute approximate surface area is 161 Å². The van der Waals surface area contributed by atoms with Crippen molar-refractivity contribution in [3.63, 3.8) is 0 Å². The Morgan fingerprint density at radius 2 is 1.85 bits per heavy atom. The van der Waals surface area contributed by atoms with E-state index in [0.717, 1.165) is 12.1 Å². The fourth-order valence-corrected chi connectivity index (χ4v) is 2.77. The molecule has 1 N–H and O–H groups in total. The molecule has 0 aliphatic heterocycles. The second kappa shape index (κ2) is 7.92. The molecule has 3 rings (SSSR count). The summed E-state index contributed by atoms with van der Waals surface area (Å²) in [5.74, 6) is 0. The van der Waals surface area contributed by atoms with Crippen LogP contribution in [0.3, 0.4) is 0 Å². The highest BCUT2D eigenvalue weighted by atomic mass is 19.4. The Balaban J connectivity index is 1.86. The molecule has 0 aliphatic carbocycles. The molecule has 136 valence electrons. The van der Waals surface area contributed by atoms with Gasteiger partial charge in [0.25, 0.3) is 0 Å². The molecule has 0 saturated carbocycles. The van der Waals surface area contributed by atoms with Gasteiger partial charge in [-0.1, -0.05) is 60.5 Å². The van der Waals surface area contributed by atoms with E-state index in [1.165, 1.54) is 6.07 Å². The lowest BCUT2D eigenvalue weighted by Gasteiger charge is -2.17. The highest BCUT2D eigenvalue weighted by molar-refractivity contribution is 5.86. The zero-order valence-corrected chi connectivity index (χ0v) is 14.1. The number of hydrogen-bond donors (Lipinski definition) is 1. The number of aryl methyl sites for hydroxylation is 1. The quantitative estimate of drug-likeness (QED) is 0.518. The number of halogens is 3. The van der Waals surface area contributed by atoms with Gasteiger partial charge in [0.05, 0.1) is 15.2 Å². The molecule has 0 radical (unpaired) electrons. The summed E-state index contributed by atoms with van der Waals surface area (Å²) in [6, 6.07) is 1.55. The van der Waals surface area contributed by atoms with Gasteiger partial charge in [-0.3, -0.25) is 0 Å². The summed E-state index contributed by atoms with van der Waals surface area (Å²) in [5, 5.41) is 3.07. The van der Waals surface area contributed by atoms with Crippen LogP contribution < -0.4 is 5.32 Å². The molecule has 0 saturated heterocycles. The van der Waals surface area contributed by atoms with Gasteiger partial charge in [-0.25, -0.2) is 0 Å². The first kappa shape index (κ1) is 11.4. The summed E-state index contributed by atoms with van der Waals surface area (Å²) in [6.45, 7) is 2.04. The van der Waals surface area contributed by atoms with Crippen LogP contribution in [0.25, 0.3) is 10.8 Å². The maximum atomic E-state index is 12.9. The van der Waals surface area contributed by atoms with Crippen molar-refractivity contribution in [1.29, 1.82) is 0 Å². The minimum atomic E-state index is -4.41. The fraction of sp³-hybridized carbons (Fsp3) is 0.273. The highest BCUT2D eigenvalue weighted by Crippen LogP contribution is 2.29. The largest absolute Gasteiger partial charge is 0.416 e. The number of fused-ring (bicyclic) bond motifs is 1. The van der Waals surface area contributed by atoms with E-state index < -0.39 is 48.0 Å². The Morgan fingerprint density at radius 3 is 2.65 bits per heavy atom. The van der Waals surface area contributed by atoms with Gasteiger partial charge in [-0.2, -0.15) is 13.2 Å². The molecule has 0 unspecified atom stereocenters. The molecule has 0 amide bonds. The maximum Gasteiger partial charge on any atom is 0.416 e. The Hall–Kier alpha value is -2.33. The van der Waals surface area contributed by atoms with Crippen LogP contribution in [0, 0.1) is 0 Å². The van der Waals surface area contributed by atoms with Gasteiger partial charge in [0, 0.05) is 6.04 Å². The number of hydrogen-bond acceptors (Lipinski definition) is 1. The summed E-state index contributed by atoms with van der Waals surface area (Å²) in [6.07, 6.45) is -3.54. The Bertz CT molecular complexity index is 1200. The van der Waals surface area contributed by atoms with Gasteiger partial charge in [-0.05, 0) is 54.3 Å². The third-order valence-corrected chi connectivity index (χ3v) is 4.12. The average Bonchev–Trinajstić information content (AvgIpc) is 2.76. The van der Waals surface area contributed by atoms with E-state index in [9.17, 15) is 13.2 Å². The van der Waals surface area contributed by atoms with Crippen LogP contribution in [0.5, 0.6) is 0 Å². The zero-order chi connectivity index (χ0) is 24.7. The average molecular weight is 364 g/mol. The van der Waals surface area contributed by atoms with Crippen LogP contribution in [0.2, 0.25) is 0 Å². The summed E-state index contributed by atoms with van der Waals surface area (Å²) in [5.41, 5.74) is 0.0170. The summed E-state index contributed by atoms with van der Waals surface area (Å²) >= 11 is 0. The zero-order valence-electron chi connectivity index (χ0n) is 21.1. The molecule has 1 nitrogen and oxygen atoms in total. The van der Waals surface area contributed by atoms with Gasteiger partial charge in [-0.15, -0.1) is 0 Å². The van der Waals surface area contributed by atoms with Crippen LogP contribution in [0.4, 0.5) is 13.2 Å². The summed E-state index contributed by atoms with van der Waals surface area (Å²) in [7, 11) is 0. The predicted molar refractivity (Wildman–Crippen MR) is 100 cm³/mol. The molecule has 0 fully saturated rings. The normalized spacial score (nSPS) is 16.8. The van der Waals surface area contributed by atoms with Crippen molar-refractivity contribution >= 4 is 10.8 Å². The van der Waals surface area contributed by atoms with Gasteiger partial charge in [0.1, 0.15) is 0 Å². The van der Waals surface area contributed by atoms with Gasteiger partial charge in [0.15, 0.2) is 0 Å². The highest BCUT2D eigenvalue weighted by Gasteiger charge is 2.30. The number of nitrogens with one attached hydrogen (secondary N) is 1. The van der Waals surface area contributed by atoms with Crippen molar-refractivity contribution in [2.75, 3.05) is 6.54 Å². The van der Waals surface area contributed by atoms with Crippen LogP contribution in [0.15, 0.2) is 66.6 Å². The van der Waals surface area contributed by atoms with Crippen LogP contribution in [-0.4, -0.2) is 6.54 Å². The first-order valence-electron chi connectivity index (χ1n) is 11.8. The third kappa shape index (κ3) is 4.44. The summed E-state index contributed by atoms with van der Waals surface area (Å²) < 4.78 is 95.4. The van der Waals surface area contributed by atoms with Crippen molar-refractivity contribution in [3.05, 3.63) is 83.3 Å². The van der Waals surface area contributed by atoms with E-state index in [1.807, 2.05) is 0 Å². The number of alkyl halides is 3. The van der Waals surface area contributed by atoms with Crippen molar-refractivity contribution < 1.29 is 22.8 Å². The van der Waals surface area contributed by atoms with Crippen LogP contribution in [0.1, 0.15) is 45.7 Å². The van der Waals surface area contributed by atoms with E-state index in [2.05, 4.69) is 5.32 Å². The molecule has 0 aromatic heterocycles. The lowest BCUT2D eigenvalue weighted by molar-refractivity contribution is -0.137. The minimum absolute atomic E-state index is 0.0323. The van der Waals surface area contributed by atoms with Gasteiger partial charge in [0.2, 0.25) is 0 Å². The molecule has 3 aromatic rings. The molecule has 0 heterocycles. The second-order valence-corrected chi connectivity index (χ2v) is 6.02. The van der Waals surface area contributed by atoms with E-state index in [4.69, 9.17) is 9.60 Å².